The molecule has 146 valence electrons. The maximum atomic E-state index is 13.2. The van der Waals surface area contributed by atoms with Crippen LogP contribution in [-0.4, -0.2) is 26.1 Å². The molecule has 4 bridgehead atoms. The lowest BCUT2D eigenvalue weighted by Crippen LogP contribution is -2.51. The number of hydrogen-bond donors (Lipinski definition) is 1. The lowest BCUT2D eigenvalue weighted by Gasteiger charge is -2.55. The van der Waals surface area contributed by atoms with E-state index < -0.39 is 5.97 Å². The zero-order valence-electron chi connectivity index (χ0n) is 16.4. The number of carbonyl (C=O) groups is 2. The van der Waals surface area contributed by atoms with Crippen LogP contribution in [0.5, 0.6) is 5.75 Å². The van der Waals surface area contributed by atoms with Gasteiger partial charge in [0, 0.05) is 6.04 Å². The van der Waals surface area contributed by atoms with Crippen LogP contribution in [0.3, 0.4) is 0 Å². The Morgan fingerprint density at radius 2 is 1.70 bits per heavy atom. The van der Waals surface area contributed by atoms with E-state index in [1.54, 1.807) is 12.1 Å². The Morgan fingerprint density at radius 1 is 1.11 bits per heavy atom. The van der Waals surface area contributed by atoms with Crippen LogP contribution in [0.25, 0.3) is 0 Å². The quantitative estimate of drug-likeness (QED) is 0.629. The van der Waals surface area contributed by atoms with E-state index in [1.807, 2.05) is 20.0 Å². The maximum Gasteiger partial charge on any atom is 0.341 e. The van der Waals surface area contributed by atoms with Crippen LogP contribution >= 0.6 is 0 Å². The van der Waals surface area contributed by atoms with E-state index in [0.717, 1.165) is 24.8 Å². The number of esters is 2. The van der Waals surface area contributed by atoms with Crippen molar-refractivity contribution in [3.05, 3.63) is 29.3 Å². The minimum absolute atomic E-state index is 0.0845. The van der Waals surface area contributed by atoms with Crippen LogP contribution in [0.4, 0.5) is 0 Å². The third-order valence-corrected chi connectivity index (χ3v) is 7.02. The minimum atomic E-state index is -0.478. The van der Waals surface area contributed by atoms with Gasteiger partial charge in [0.05, 0.1) is 12.5 Å². The third-order valence-electron chi connectivity index (χ3n) is 7.02. The van der Waals surface area contributed by atoms with E-state index in [9.17, 15) is 9.59 Å². The fraction of sp³-hybridized carbons (Fsp3) is 0.636. The molecule has 1 aromatic carbocycles. The smallest absolute Gasteiger partial charge is 0.341 e. The number of hydrogen-bond acceptors (Lipinski definition) is 5. The number of nitrogens with one attached hydrogen (secondary N) is 1. The Hall–Kier alpha value is -1.88. The van der Waals surface area contributed by atoms with E-state index in [4.69, 9.17) is 9.47 Å². The molecule has 0 heterocycles. The number of methoxy groups -OCH3 is 1. The predicted molar refractivity (Wildman–Crippen MR) is 101 cm³/mol. The Labute approximate surface area is 160 Å². The van der Waals surface area contributed by atoms with E-state index in [2.05, 4.69) is 5.32 Å². The molecule has 5 rings (SSSR count). The van der Waals surface area contributed by atoms with E-state index >= 15 is 0 Å². The number of carbonyl (C=O) groups excluding carboxylic acids is 2. The van der Waals surface area contributed by atoms with Gasteiger partial charge in [-0.1, -0.05) is 6.07 Å². The van der Waals surface area contributed by atoms with Gasteiger partial charge in [0.25, 0.3) is 0 Å². The van der Waals surface area contributed by atoms with Gasteiger partial charge >= 0.3 is 11.9 Å². The highest BCUT2D eigenvalue weighted by Crippen LogP contribution is 2.60. The summed E-state index contributed by atoms with van der Waals surface area (Å²) in [5, 5.41) is 3.15. The predicted octanol–water partition coefficient (Wildman–Crippen LogP) is 3.88. The van der Waals surface area contributed by atoms with Gasteiger partial charge in [0.1, 0.15) is 11.3 Å². The molecule has 0 radical (unpaired) electrons. The SMILES string of the molecule is CNC(C)c1ccc(OC(=O)C23CC4CC(CC(C4)C2)C3)c(C(=O)OC)c1. The largest absolute Gasteiger partial charge is 0.465 e. The molecule has 4 saturated carbocycles. The van der Waals surface area contributed by atoms with Gasteiger partial charge in [-0.15, -0.1) is 0 Å². The highest BCUT2D eigenvalue weighted by atomic mass is 16.5. The second-order valence-electron chi connectivity index (χ2n) is 8.84. The second kappa shape index (κ2) is 6.93. The monoisotopic (exact) mass is 371 g/mol. The molecule has 4 aliphatic rings. The Morgan fingerprint density at radius 3 is 2.22 bits per heavy atom. The molecule has 5 nitrogen and oxygen atoms in total. The molecule has 0 amide bonds. The van der Waals surface area contributed by atoms with Gasteiger partial charge in [0.2, 0.25) is 0 Å². The van der Waals surface area contributed by atoms with Gasteiger partial charge in [-0.05, 0) is 87.9 Å². The molecule has 0 saturated heterocycles. The number of benzene rings is 1. The molecule has 0 spiro atoms. The highest BCUT2D eigenvalue weighted by molar-refractivity contribution is 5.94. The van der Waals surface area contributed by atoms with Crippen molar-refractivity contribution in [2.24, 2.45) is 23.2 Å². The van der Waals surface area contributed by atoms with Gasteiger partial charge in [-0.2, -0.15) is 0 Å². The van der Waals surface area contributed by atoms with Crippen molar-refractivity contribution in [1.29, 1.82) is 0 Å². The average Bonchev–Trinajstić information content (AvgIpc) is 2.66. The lowest BCUT2D eigenvalue weighted by atomic mass is 9.49. The molecule has 27 heavy (non-hydrogen) atoms. The molecule has 1 aromatic rings. The van der Waals surface area contributed by atoms with Crippen molar-refractivity contribution < 1.29 is 19.1 Å². The summed E-state index contributed by atoms with van der Waals surface area (Å²) < 4.78 is 10.8. The first-order valence-corrected chi connectivity index (χ1v) is 10.1. The lowest BCUT2D eigenvalue weighted by molar-refractivity contribution is -0.161. The Kier molecular flexibility index (Phi) is 4.75. The summed E-state index contributed by atoms with van der Waals surface area (Å²) in [7, 11) is 3.21. The summed E-state index contributed by atoms with van der Waals surface area (Å²) in [6.45, 7) is 2.01. The standard InChI is InChI=1S/C22H29NO4/c1-13(23-2)17-4-5-19(18(9-17)20(24)26-3)27-21(25)22-10-14-6-15(11-22)8-16(7-14)12-22/h4-5,9,13-16,23H,6-8,10-12H2,1-3H3. The molecule has 1 atom stereocenters. The van der Waals surface area contributed by atoms with E-state index in [1.165, 1.54) is 26.4 Å². The van der Waals surface area contributed by atoms with E-state index in [-0.39, 0.29) is 17.4 Å². The Bertz CT molecular complexity index is 721. The van der Waals surface area contributed by atoms with Crippen LogP contribution < -0.4 is 10.1 Å². The van der Waals surface area contributed by atoms with Gasteiger partial charge in [0.15, 0.2) is 0 Å². The first kappa shape index (κ1) is 18.5. The minimum Gasteiger partial charge on any atom is -0.465 e. The molecule has 0 aliphatic heterocycles. The van der Waals surface area contributed by atoms with Crippen LogP contribution in [0.1, 0.15) is 67.4 Å². The average molecular weight is 371 g/mol. The number of ether oxygens (including phenoxy) is 2. The molecule has 4 aliphatic carbocycles. The van der Waals surface area contributed by atoms with Gasteiger partial charge in [-0.3, -0.25) is 4.79 Å². The second-order valence-corrected chi connectivity index (χ2v) is 8.84. The molecule has 1 N–H and O–H groups in total. The third kappa shape index (κ3) is 3.27. The zero-order valence-corrected chi connectivity index (χ0v) is 16.4. The van der Waals surface area contributed by atoms with Crippen LogP contribution in [0.15, 0.2) is 18.2 Å². The van der Waals surface area contributed by atoms with Crippen LogP contribution in [0.2, 0.25) is 0 Å². The van der Waals surface area contributed by atoms with Crippen molar-refractivity contribution in [3.8, 4) is 5.75 Å². The van der Waals surface area contributed by atoms with Gasteiger partial charge < -0.3 is 14.8 Å². The summed E-state index contributed by atoms with van der Waals surface area (Å²) in [6, 6.07) is 5.47. The summed E-state index contributed by atoms with van der Waals surface area (Å²) in [5.74, 6) is 1.69. The van der Waals surface area contributed by atoms with Crippen molar-refractivity contribution in [2.45, 2.75) is 51.5 Å². The topological polar surface area (TPSA) is 64.6 Å². The van der Waals surface area contributed by atoms with Crippen molar-refractivity contribution in [3.63, 3.8) is 0 Å². The van der Waals surface area contributed by atoms with Crippen molar-refractivity contribution >= 4 is 11.9 Å². The fourth-order valence-corrected chi connectivity index (χ4v) is 5.91. The van der Waals surface area contributed by atoms with Crippen molar-refractivity contribution in [2.75, 3.05) is 14.2 Å². The molecule has 5 heteroatoms. The molecule has 0 aromatic heterocycles. The van der Waals surface area contributed by atoms with Crippen LogP contribution in [-0.2, 0) is 9.53 Å². The highest BCUT2D eigenvalue weighted by Gasteiger charge is 2.55. The zero-order chi connectivity index (χ0) is 19.2. The molecular formula is C22H29NO4. The van der Waals surface area contributed by atoms with E-state index in [0.29, 0.717) is 29.1 Å². The summed E-state index contributed by atoms with van der Waals surface area (Å²) in [5.41, 5.74) is 0.918. The first-order chi connectivity index (χ1) is 12.9. The van der Waals surface area contributed by atoms with Crippen LogP contribution in [0, 0.1) is 23.2 Å². The summed E-state index contributed by atoms with van der Waals surface area (Å²) in [6.07, 6.45) is 6.66. The first-order valence-electron chi connectivity index (χ1n) is 10.1. The fourth-order valence-electron chi connectivity index (χ4n) is 5.91. The molecular weight excluding hydrogens is 342 g/mol. The Balaban J connectivity index is 1.60. The molecule has 4 fully saturated rings. The molecule has 1 unspecified atom stereocenters. The van der Waals surface area contributed by atoms with Crippen molar-refractivity contribution in [1.82, 2.24) is 5.32 Å². The van der Waals surface area contributed by atoms with Gasteiger partial charge in [-0.25, -0.2) is 4.79 Å². The normalized spacial score (nSPS) is 32.2. The number of rotatable bonds is 5. The summed E-state index contributed by atoms with van der Waals surface area (Å²) >= 11 is 0. The summed E-state index contributed by atoms with van der Waals surface area (Å²) in [4.78, 5) is 25.5. The maximum absolute atomic E-state index is 13.2.